The SMILES string of the molecule is Cc1[nH]nc(C(=O)O)c1S(=O)(=O)NC(C)CN(C)C. The van der Waals surface area contributed by atoms with Gasteiger partial charge in [-0.2, -0.15) is 5.10 Å². The fourth-order valence-electron chi connectivity index (χ4n) is 1.80. The molecule has 108 valence electrons. The normalized spacial score (nSPS) is 13.7. The Hall–Kier alpha value is -1.45. The Morgan fingerprint density at radius 1 is 1.53 bits per heavy atom. The molecule has 1 rings (SSSR count). The minimum atomic E-state index is -3.92. The summed E-state index contributed by atoms with van der Waals surface area (Å²) in [5.41, 5.74) is -0.302. The van der Waals surface area contributed by atoms with E-state index in [0.29, 0.717) is 6.54 Å². The van der Waals surface area contributed by atoms with Crippen molar-refractivity contribution in [2.45, 2.75) is 24.8 Å². The first-order valence-electron chi connectivity index (χ1n) is 5.60. The van der Waals surface area contributed by atoms with Gasteiger partial charge >= 0.3 is 5.97 Å². The van der Waals surface area contributed by atoms with Crippen LogP contribution in [0.25, 0.3) is 0 Å². The Balaban J connectivity index is 3.07. The molecular weight excluding hydrogens is 272 g/mol. The van der Waals surface area contributed by atoms with Crippen LogP contribution in [0.2, 0.25) is 0 Å². The molecule has 0 saturated heterocycles. The van der Waals surface area contributed by atoms with Crippen molar-refractivity contribution in [1.82, 2.24) is 19.8 Å². The number of H-pyrrole nitrogens is 1. The molecule has 3 N–H and O–H groups in total. The van der Waals surface area contributed by atoms with Crippen LogP contribution in [-0.4, -0.2) is 61.3 Å². The smallest absolute Gasteiger partial charge is 0.357 e. The van der Waals surface area contributed by atoms with Crippen molar-refractivity contribution in [3.8, 4) is 0 Å². The van der Waals surface area contributed by atoms with Crippen LogP contribution in [0.1, 0.15) is 23.1 Å². The zero-order valence-electron chi connectivity index (χ0n) is 11.3. The summed E-state index contributed by atoms with van der Waals surface area (Å²) in [7, 11) is -0.287. The zero-order chi connectivity index (χ0) is 14.8. The first-order valence-corrected chi connectivity index (χ1v) is 7.08. The van der Waals surface area contributed by atoms with Gasteiger partial charge < -0.3 is 10.0 Å². The summed E-state index contributed by atoms with van der Waals surface area (Å²) in [4.78, 5) is 12.5. The fourth-order valence-corrected chi connectivity index (χ4v) is 3.36. The molecule has 0 fully saturated rings. The Morgan fingerprint density at radius 3 is 2.58 bits per heavy atom. The van der Waals surface area contributed by atoms with E-state index in [0.717, 1.165) is 0 Å². The molecular formula is C10H18N4O4S. The van der Waals surface area contributed by atoms with E-state index in [2.05, 4.69) is 14.9 Å². The van der Waals surface area contributed by atoms with Crippen molar-refractivity contribution in [3.63, 3.8) is 0 Å². The number of nitrogens with zero attached hydrogens (tertiary/aromatic N) is 2. The van der Waals surface area contributed by atoms with E-state index in [1.807, 2.05) is 19.0 Å². The monoisotopic (exact) mass is 290 g/mol. The van der Waals surface area contributed by atoms with Gasteiger partial charge in [0.1, 0.15) is 4.90 Å². The molecule has 1 aromatic rings. The number of hydrogen-bond acceptors (Lipinski definition) is 5. The molecule has 9 heteroatoms. The van der Waals surface area contributed by atoms with Gasteiger partial charge in [0.15, 0.2) is 5.69 Å². The van der Waals surface area contributed by atoms with E-state index in [4.69, 9.17) is 5.11 Å². The Bertz CT molecular complexity index is 564. The van der Waals surface area contributed by atoms with E-state index in [-0.39, 0.29) is 16.6 Å². The molecule has 0 spiro atoms. The third-order valence-electron chi connectivity index (χ3n) is 2.36. The van der Waals surface area contributed by atoms with Crippen LogP contribution in [0.5, 0.6) is 0 Å². The summed E-state index contributed by atoms with van der Waals surface area (Å²) in [5, 5.41) is 14.8. The molecule has 1 heterocycles. The average Bonchev–Trinajstić information content (AvgIpc) is 2.58. The Labute approximate surface area is 111 Å². The lowest BCUT2D eigenvalue weighted by Gasteiger charge is -2.18. The molecule has 0 aliphatic heterocycles. The van der Waals surface area contributed by atoms with Gasteiger partial charge in [-0.05, 0) is 27.9 Å². The number of carboxylic acids is 1. The first kappa shape index (κ1) is 15.6. The summed E-state index contributed by atoms with van der Waals surface area (Å²) < 4.78 is 26.8. The highest BCUT2D eigenvalue weighted by molar-refractivity contribution is 7.89. The molecule has 0 bridgehead atoms. The summed E-state index contributed by atoms with van der Waals surface area (Å²) in [6.45, 7) is 3.66. The van der Waals surface area contributed by atoms with Gasteiger partial charge in [-0.15, -0.1) is 0 Å². The molecule has 0 aliphatic carbocycles. The van der Waals surface area contributed by atoms with E-state index in [9.17, 15) is 13.2 Å². The lowest BCUT2D eigenvalue weighted by Crippen LogP contribution is -2.40. The minimum absolute atomic E-state index is 0.196. The number of carbonyl (C=O) groups is 1. The predicted molar refractivity (Wildman–Crippen MR) is 68.6 cm³/mol. The number of aromatic carboxylic acids is 1. The zero-order valence-corrected chi connectivity index (χ0v) is 12.1. The van der Waals surface area contributed by atoms with Crippen molar-refractivity contribution < 1.29 is 18.3 Å². The lowest BCUT2D eigenvalue weighted by molar-refractivity contribution is 0.0686. The molecule has 8 nitrogen and oxygen atoms in total. The van der Waals surface area contributed by atoms with E-state index in [1.54, 1.807) is 6.92 Å². The molecule has 1 atom stereocenters. The maximum atomic E-state index is 12.2. The van der Waals surface area contributed by atoms with Crippen LogP contribution >= 0.6 is 0 Å². The first-order chi connectivity index (χ1) is 8.65. The number of rotatable bonds is 6. The number of aromatic amines is 1. The summed E-state index contributed by atoms with van der Waals surface area (Å²) in [5.74, 6) is -1.38. The van der Waals surface area contributed by atoms with Gasteiger partial charge in [0.25, 0.3) is 0 Å². The van der Waals surface area contributed by atoms with Crippen LogP contribution in [0, 0.1) is 6.92 Å². The highest BCUT2D eigenvalue weighted by Gasteiger charge is 2.29. The second-order valence-electron chi connectivity index (χ2n) is 4.62. The van der Waals surface area contributed by atoms with Crippen molar-refractivity contribution in [3.05, 3.63) is 11.4 Å². The van der Waals surface area contributed by atoms with Crippen molar-refractivity contribution in [1.29, 1.82) is 0 Å². The molecule has 1 aromatic heterocycles. The highest BCUT2D eigenvalue weighted by atomic mass is 32.2. The largest absolute Gasteiger partial charge is 0.476 e. The third kappa shape index (κ3) is 3.75. The van der Waals surface area contributed by atoms with Crippen molar-refractivity contribution in [2.24, 2.45) is 0 Å². The second kappa shape index (κ2) is 5.68. The lowest BCUT2D eigenvalue weighted by atomic mass is 10.3. The standard InChI is InChI=1S/C10H18N4O4S/c1-6(5-14(3)4)13-19(17,18)9-7(2)11-12-8(9)10(15)16/h6,13H,5H2,1-4H3,(H,11,12)(H,15,16). The molecule has 0 aliphatic rings. The van der Waals surface area contributed by atoms with E-state index >= 15 is 0 Å². The molecule has 1 unspecified atom stereocenters. The highest BCUT2D eigenvalue weighted by Crippen LogP contribution is 2.17. The molecule has 0 aromatic carbocycles. The Kier molecular flexibility index (Phi) is 4.66. The average molecular weight is 290 g/mol. The molecule has 0 radical (unpaired) electrons. The van der Waals surface area contributed by atoms with Crippen molar-refractivity contribution in [2.75, 3.05) is 20.6 Å². The quantitative estimate of drug-likeness (QED) is 0.659. The number of sulfonamides is 1. The van der Waals surface area contributed by atoms with Gasteiger partial charge in [0.2, 0.25) is 10.0 Å². The maximum absolute atomic E-state index is 12.2. The summed E-state index contributed by atoms with van der Waals surface area (Å²) >= 11 is 0. The fraction of sp³-hybridized carbons (Fsp3) is 0.600. The van der Waals surface area contributed by atoms with Gasteiger partial charge in [0.05, 0.1) is 5.69 Å². The number of likely N-dealkylation sites (N-methyl/N-ethyl adjacent to an activating group) is 1. The van der Waals surface area contributed by atoms with Gasteiger partial charge in [0, 0.05) is 12.6 Å². The molecule has 0 amide bonds. The maximum Gasteiger partial charge on any atom is 0.357 e. The number of aryl methyl sites for hydroxylation is 1. The minimum Gasteiger partial charge on any atom is -0.476 e. The number of carboxylic acid groups (broad SMARTS) is 1. The van der Waals surface area contributed by atoms with Crippen molar-refractivity contribution >= 4 is 16.0 Å². The molecule has 0 saturated carbocycles. The second-order valence-corrected chi connectivity index (χ2v) is 6.27. The predicted octanol–water partition coefficient (Wildman–Crippen LogP) is -0.355. The van der Waals surface area contributed by atoms with Crippen LogP contribution in [0.3, 0.4) is 0 Å². The Morgan fingerprint density at radius 2 is 2.11 bits per heavy atom. The van der Waals surface area contributed by atoms with Crippen LogP contribution < -0.4 is 4.72 Å². The topological polar surface area (TPSA) is 115 Å². The van der Waals surface area contributed by atoms with Gasteiger partial charge in [-0.25, -0.2) is 17.9 Å². The summed E-state index contributed by atoms with van der Waals surface area (Å²) in [6, 6.07) is -0.351. The van der Waals surface area contributed by atoms with Crippen LogP contribution in [0.15, 0.2) is 4.90 Å². The number of hydrogen-bond donors (Lipinski definition) is 3. The van der Waals surface area contributed by atoms with Gasteiger partial charge in [-0.3, -0.25) is 5.10 Å². The third-order valence-corrected chi connectivity index (χ3v) is 4.11. The molecule has 19 heavy (non-hydrogen) atoms. The van der Waals surface area contributed by atoms with Crippen LogP contribution in [0.4, 0.5) is 0 Å². The van der Waals surface area contributed by atoms with Crippen LogP contribution in [-0.2, 0) is 10.0 Å². The van der Waals surface area contributed by atoms with Gasteiger partial charge in [-0.1, -0.05) is 0 Å². The van der Waals surface area contributed by atoms with E-state index in [1.165, 1.54) is 6.92 Å². The van der Waals surface area contributed by atoms with E-state index < -0.39 is 21.7 Å². The number of nitrogens with one attached hydrogen (secondary N) is 2. The summed E-state index contributed by atoms with van der Waals surface area (Å²) in [6.07, 6.45) is 0. The number of aromatic nitrogens is 2.